The smallest absolute Gasteiger partial charge is 0.126 e. The molecule has 0 aromatic heterocycles. The van der Waals surface area contributed by atoms with Crippen molar-refractivity contribution >= 4 is 17.3 Å². The third-order valence-electron chi connectivity index (χ3n) is 2.49. The number of ether oxygens (including phenoxy) is 1. The molecular formula is C13H11ClFNO. The molecule has 0 aliphatic heterocycles. The predicted molar refractivity (Wildman–Crippen MR) is 67.8 cm³/mol. The van der Waals surface area contributed by atoms with E-state index in [4.69, 9.17) is 22.1 Å². The van der Waals surface area contributed by atoms with Crippen molar-refractivity contribution in [1.82, 2.24) is 0 Å². The zero-order valence-electron chi connectivity index (χ0n) is 9.21. The number of halogens is 2. The van der Waals surface area contributed by atoms with Crippen molar-refractivity contribution in [3.05, 3.63) is 47.2 Å². The molecule has 2 aromatic rings. The van der Waals surface area contributed by atoms with Crippen LogP contribution in [0.1, 0.15) is 0 Å². The van der Waals surface area contributed by atoms with Gasteiger partial charge in [-0.2, -0.15) is 0 Å². The van der Waals surface area contributed by atoms with E-state index in [1.54, 1.807) is 19.2 Å². The second-order valence-corrected chi connectivity index (χ2v) is 3.96. The molecule has 0 bridgehead atoms. The highest BCUT2D eigenvalue weighted by molar-refractivity contribution is 6.33. The third kappa shape index (κ3) is 2.19. The highest BCUT2D eigenvalue weighted by atomic mass is 35.5. The molecular weight excluding hydrogens is 241 g/mol. The lowest BCUT2D eigenvalue weighted by molar-refractivity contribution is 0.416. The van der Waals surface area contributed by atoms with Crippen molar-refractivity contribution in [3.63, 3.8) is 0 Å². The maximum Gasteiger partial charge on any atom is 0.126 e. The van der Waals surface area contributed by atoms with Crippen molar-refractivity contribution in [3.8, 4) is 16.9 Å². The number of para-hydroxylation sites is 1. The number of hydrogen-bond donors (Lipinski definition) is 1. The molecule has 0 aliphatic carbocycles. The molecule has 0 saturated carbocycles. The van der Waals surface area contributed by atoms with Gasteiger partial charge in [0.2, 0.25) is 0 Å². The maximum atomic E-state index is 13.3. The van der Waals surface area contributed by atoms with E-state index in [0.29, 0.717) is 22.6 Å². The predicted octanol–water partition coefficient (Wildman–Crippen LogP) is 3.74. The van der Waals surface area contributed by atoms with E-state index >= 15 is 0 Å². The van der Waals surface area contributed by atoms with Gasteiger partial charge >= 0.3 is 0 Å². The fourth-order valence-electron chi connectivity index (χ4n) is 1.67. The Hall–Kier alpha value is -1.74. The Morgan fingerprint density at radius 2 is 1.88 bits per heavy atom. The van der Waals surface area contributed by atoms with E-state index in [1.165, 1.54) is 12.1 Å². The summed E-state index contributed by atoms with van der Waals surface area (Å²) in [6.07, 6.45) is 0. The van der Waals surface area contributed by atoms with Gasteiger partial charge in [-0.3, -0.25) is 0 Å². The topological polar surface area (TPSA) is 35.2 Å². The normalized spacial score (nSPS) is 10.3. The van der Waals surface area contributed by atoms with Crippen LogP contribution >= 0.6 is 11.6 Å². The van der Waals surface area contributed by atoms with Gasteiger partial charge in [0.1, 0.15) is 11.6 Å². The molecule has 0 spiro atoms. The Labute approximate surface area is 104 Å². The molecule has 2 N–H and O–H groups in total. The van der Waals surface area contributed by atoms with Gasteiger partial charge in [0.15, 0.2) is 0 Å². The first-order valence-corrected chi connectivity index (χ1v) is 5.39. The molecule has 0 atom stereocenters. The number of hydrogen-bond acceptors (Lipinski definition) is 2. The fourth-order valence-corrected chi connectivity index (χ4v) is 1.88. The van der Waals surface area contributed by atoms with Crippen molar-refractivity contribution in [2.24, 2.45) is 0 Å². The van der Waals surface area contributed by atoms with Crippen LogP contribution in [0.25, 0.3) is 11.1 Å². The Bertz CT molecular complexity index is 557. The molecule has 0 radical (unpaired) electrons. The Morgan fingerprint density at radius 1 is 1.18 bits per heavy atom. The summed E-state index contributed by atoms with van der Waals surface area (Å²) in [6.45, 7) is 0. The molecule has 2 rings (SSSR count). The first-order chi connectivity index (χ1) is 8.13. The van der Waals surface area contributed by atoms with Gasteiger partial charge in [-0.25, -0.2) is 4.39 Å². The van der Waals surface area contributed by atoms with E-state index < -0.39 is 5.82 Å². The van der Waals surface area contributed by atoms with Crippen LogP contribution < -0.4 is 10.5 Å². The molecule has 2 aromatic carbocycles. The lowest BCUT2D eigenvalue weighted by Crippen LogP contribution is -1.95. The van der Waals surface area contributed by atoms with Crippen LogP contribution in [-0.2, 0) is 0 Å². The van der Waals surface area contributed by atoms with Crippen molar-refractivity contribution in [2.45, 2.75) is 0 Å². The molecule has 0 amide bonds. The van der Waals surface area contributed by atoms with Gasteiger partial charge < -0.3 is 10.5 Å². The monoisotopic (exact) mass is 251 g/mol. The van der Waals surface area contributed by atoms with Crippen LogP contribution in [0.2, 0.25) is 5.02 Å². The zero-order valence-corrected chi connectivity index (χ0v) is 9.96. The number of methoxy groups -OCH3 is 1. The third-order valence-corrected chi connectivity index (χ3v) is 2.80. The summed E-state index contributed by atoms with van der Waals surface area (Å²) < 4.78 is 18.6. The first-order valence-electron chi connectivity index (χ1n) is 5.01. The summed E-state index contributed by atoms with van der Waals surface area (Å²) in [5, 5.41) is 0.200. The minimum absolute atomic E-state index is 0.200. The van der Waals surface area contributed by atoms with Gasteiger partial charge in [-0.15, -0.1) is 0 Å². The SMILES string of the molecule is COc1ccccc1-c1cc(F)cc(Cl)c1N. The first kappa shape index (κ1) is 11.7. The van der Waals surface area contributed by atoms with Gasteiger partial charge in [-0.1, -0.05) is 29.8 Å². The maximum absolute atomic E-state index is 13.3. The number of nitrogen functional groups attached to an aromatic ring is 1. The van der Waals surface area contributed by atoms with Crippen molar-refractivity contribution in [2.75, 3.05) is 12.8 Å². The summed E-state index contributed by atoms with van der Waals surface area (Å²) in [7, 11) is 1.55. The molecule has 17 heavy (non-hydrogen) atoms. The average molecular weight is 252 g/mol. The number of nitrogens with two attached hydrogens (primary N) is 1. The van der Waals surface area contributed by atoms with E-state index in [2.05, 4.69) is 0 Å². The van der Waals surface area contributed by atoms with Gasteiger partial charge in [0, 0.05) is 11.1 Å². The quantitative estimate of drug-likeness (QED) is 0.826. The number of benzene rings is 2. The van der Waals surface area contributed by atoms with Crippen LogP contribution in [0.5, 0.6) is 5.75 Å². The summed E-state index contributed by atoms with van der Waals surface area (Å²) in [5.41, 5.74) is 7.45. The fraction of sp³-hybridized carbons (Fsp3) is 0.0769. The lowest BCUT2D eigenvalue weighted by Gasteiger charge is -2.11. The minimum atomic E-state index is -0.426. The number of anilines is 1. The summed E-state index contributed by atoms with van der Waals surface area (Å²) >= 11 is 5.86. The molecule has 0 saturated heterocycles. The van der Waals surface area contributed by atoms with Crippen LogP contribution in [0.3, 0.4) is 0 Å². The molecule has 0 unspecified atom stereocenters. The molecule has 0 heterocycles. The van der Waals surface area contributed by atoms with Crippen LogP contribution in [-0.4, -0.2) is 7.11 Å². The van der Waals surface area contributed by atoms with Crippen LogP contribution in [0, 0.1) is 5.82 Å². The highest BCUT2D eigenvalue weighted by Gasteiger charge is 2.12. The Morgan fingerprint density at radius 3 is 2.59 bits per heavy atom. The van der Waals surface area contributed by atoms with Crippen LogP contribution in [0.4, 0.5) is 10.1 Å². The molecule has 4 heteroatoms. The highest BCUT2D eigenvalue weighted by Crippen LogP contribution is 2.37. The molecule has 0 fully saturated rings. The van der Waals surface area contributed by atoms with E-state index in [0.717, 1.165) is 0 Å². The summed E-state index contributed by atoms with van der Waals surface area (Å²) in [4.78, 5) is 0. The molecule has 0 aliphatic rings. The van der Waals surface area contributed by atoms with Crippen molar-refractivity contribution in [1.29, 1.82) is 0 Å². The van der Waals surface area contributed by atoms with E-state index in [-0.39, 0.29) is 5.02 Å². The van der Waals surface area contributed by atoms with Crippen molar-refractivity contribution < 1.29 is 9.13 Å². The van der Waals surface area contributed by atoms with Gasteiger partial charge in [-0.05, 0) is 18.2 Å². The second kappa shape index (κ2) is 4.63. The Balaban J connectivity index is 2.68. The van der Waals surface area contributed by atoms with Crippen LogP contribution in [0.15, 0.2) is 36.4 Å². The van der Waals surface area contributed by atoms with E-state index in [9.17, 15) is 4.39 Å². The van der Waals surface area contributed by atoms with Gasteiger partial charge in [0.05, 0.1) is 17.8 Å². The molecule has 88 valence electrons. The minimum Gasteiger partial charge on any atom is -0.496 e. The summed E-state index contributed by atoms with van der Waals surface area (Å²) in [6, 6.07) is 9.79. The average Bonchev–Trinajstić information content (AvgIpc) is 2.33. The molecule has 2 nitrogen and oxygen atoms in total. The number of rotatable bonds is 2. The standard InChI is InChI=1S/C13H11ClFNO/c1-17-12-5-3-2-4-9(12)10-6-8(15)7-11(14)13(10)16/h2-7H,16H2,1H3. The lowest BCUT2D eigenvalue weighted by atomic mass is 10.0. The largest absolute Gasteiger partial charge is 0.496 e. The zero-order chi connectivity index (χ0) is 12.4. The Kier molecular flexibility index (Phi) is 3.20. The van der Waals surface area contributed by atoms with E-state index in [1.807, 2.05) is 12.1 Å². The second-order valence-electron chi connectivity index (χ2n) is 3.55. The summed E-state index contributed by atoms with van der Waals surface area (Å²) in [5.74, 6) is 0.200. The van der Waals surface area contributed by atoms with Gasteiger partial charge in [0.25, 0.3) is 0 Å².